The monoisotopic (exact) mass is 374 g/mol. The van der Waals surface area contributed by atoms with Gasteiger partial charge in [-0.3, -0.25) is 4.79 Å². The zero-order valence-corrected chi connectivity index (χ0v) is 16.0. The van der Waals surface area contributed by atoms with Gasteiger partial charge < -0.3 is 9.15 Å². The molecule has 27 heavy (non-hydrogen) atoms. The van der Waals surface area contributed by atoms with Crippen molar-refractivity contribution in [1.82, 2.24) is 5.01 Å². The van der Waals surface area contributed by atoms with Gasteiger partial charge in [0.05, 0.1) is 12.5 Å². The van der Waals surface area contributed by atoms with E-state index in [-0.39, 0.29) is 23.7 Å². The highest BCUT2D eigenvalue weighted by Gasteiger charge is 2.70. The molecule has 5 heterocycles. The van der Waals surface area contributed by atoms with Gasteiger partial charge in [0.15, 0.2) is 11.8 Å². The molecule has 7 atom stereocenters. The number of rotatable bonds is 2. The zero-order chi connectivity index (χ0) is 18.8. The molecule has 146 valence electrons. The minimum absolute atomic E-state index is 0.0357. The smallest absolute Gasteiger partial charge is 0.248 e. The summed E-state index contributed by atoms with van der Waals surface area (Å²) in [6.45, 7) is 6.13. The van der Waals surface area contributed by atoms with Crippen LogP contribution < -0.4 is 0 Å². The normalized spacial score (nSPS) is 46.6. The van der Waals surface area contributed by atoms with E-state index in [1.165, 1.54) is 5.01 Å². The number of furan rings is 1. The lowest BCUT2D eigenvalue weighted by molar-refractivity contribution is -0.547. The molecular weight excluding hydrogens is 348 g/mol. The number of ether oxygens (including phenoxy) is 1. The highest BCUT2D eigenvalue weighted by molar-refractivity contribution is 5.83. The summed E-state index contributed by atoms with van der Waals surface area (Å²) in [6.07, 6.45) is 6.28. The average molecular weight is 374 g/mol. The summed E-state index contributed by atoms with van der Waals surface area (Å²) < 4.78 is 11.7. The third-order valence-corrected chi connectivity index (χ3v) is 7.09. The summed E-state index contributed by atoms with van der Waals surface area (Å²) in [7, 11) is 0. The van der Waals surface area contributed by atoms with Crippen LogP contribution in [0.2, 0.25) is 0 Å². The molecule has 7 heteroatoms. The SMILES string of the molecule is C[C@@H]1CC[C@H]2[C@@H](C)C(=O)N(/N=C/c3ccco3)[C@@H]3O[C@@]4(C)CC[C@@H]1[C@@]23OO4. The van der Waals surface area contributed by atoms with Crippen molar-refractivity contribution in [3.63, 3.8) is 0 Å². The van der Waals surface area contributed by atoms with Crippen molar-refractivity contribution in [3.8, 4) is 0 Å². The Bertz CT molecular complexity index is 764. The molecular formula is C20H26N2O5. The maximum atomic E-state index is 13.2. The summed E-state index contributed by atoms with van der Waals surface area (Å²) in [4.78, 5) is 25.2. The fourth-order valence-electron chi connectivity index (χ4n) is 5.64. The highest BCUT2D eigenvalue weighted by Crippen LogP contribution is 2.60. The number of hydrogen-bond acceptors (Lipinski definition) is 6. The van der Waals surface area contributed by atoms with Crippen LogP contribution in [0.3, 0.4) is 0 Å². The van der Waals surface area contributed by atoms with Gasteiger partial charge in [0.2, 0.25) is 11.7 Å². The van der Waals surface area contributed by atoms with Gasteiger partial charge in [-0.05, 0) is 50.2 Å². The van der Waals surface area contributed by atoms with Crippen molar-refractivity contribution >= 4 is 12.1 Å². The van der Waals surface area contributed by atoms with E-state index in [0.717, 1.165) is 25.7 Å². The van der Waals surface area contributed by atoms with Gasteiger partial charge in [0, 0.05) is 18.3 Å². The van der Waals surface area contributed by atoms with Crippen molar-refractivity contribution in [1.29, 1.82) is 0 Å². The standard InChI is InChI=1S/C20H26N2O5/c1-12-6-7-16-13(2)17(23)22(21-11-14-5-4-10-24-14)18-20(16)15(12)8-9-19(3,25-18)26-27-20/h4-5,10-13,15-16,18H,6-9H2,1-3H3/b21-11+/t12-,13-,15+,16+,18-,19-,20-/m1/s1. The summed E-state index contributed by atoms with van der Waals surface area (Å²) in [6, 6.07) is 3.59. The molecule has 1 spiro atoms. The lowest BCUT2D eigenvalue weighted by atomic mass is 9.57. The van der Waals surface area contributed by atoms with Gasteiger partial charge in [-0.25, -0.2) is 14.8 Å². The average Bonchev–Trinajstić information content (AvgIpc) is 3.06. The van der Waals surface area contributed by atoms with Crippen LogP contribution in [0.5, 0.6) is 0 Å². The second-order valence-corrected chi connectivity index (χ2v) is 8.66. The Balaban J connectivity index is 1.61. The molecule has 6 rings (SSSR count). The first-order valence-corrected chi connectivity index (χ1v) is 9.90. The molecule has 0 aromatic carbocycles. The molecule has 7 nitrogen and oxygen atoms in total. The lowest BCUT2D eigenvalue weighted by Gasteiger charge is -2.60. The Labute approximate surface area is 158 Å². The van der Waals surface area contributed by atoms with Crippen LogP contribution >= 0.6 is 0 Å². The maximum Gasteiger partial charge on any atom is 0.248 e. The van der Waals surface area contributed by atoms with E-state index in [2.05, 4.69) is 12.0 Å². The number of nitrogens with zero attached hydrogens (tertiary/aromatic N) is 2. The fraction of sp³-hybridized carbons (Fsp3) is 0.700. The summed E-state index contributed by atoms with van der Waals surface area (Å²) in [5.74, 6) is 0.289. The molecule has 1 aliphatic carbocycles. The van der Waals surface area contributed by atoms with Gasteiger partial charge in [0.1, 0.15) is 5.76 Å². The van der Waals surface area contributed by atoms with Crippen molar-refractivity contribution < 1.29 is 23.7 Å². The molecule has 4 aliphatic heterocycles. The Hall–Kier alpha value is -1.70. The van der Waals surface area contributed by atoms with E-state index >= 15 is 0 Å². The van der Waals surface area contributed by atoms with Crippen LogP contribution in [0.25, 0.3) is 0 Å². The fourth-order valence-corrected chi connectivity index (χ4v) is 5.64. The molecule has 5 fully saturated rings. The minimum Gasteiger partial charge on any atom is -0.463 e. The van der Waals surface area contributed by atoms with Crippen LogP contribution in [0.4, 0.5) is 0 Å². The molecule has 0 radical (unpaired) electrons. The van der Waals surface area contributed by atoms with Crippen molar-refractivity contribution in [2.75, 3.05) is 0 Å². The molecule has 1 amide bonds. The molecule has 1 aromatic rings. The van der Waals surface area contributed by atoms with E-state index in [1.54, 1.807) is 24.6 Å². The van der Waals surface area contributed by atoms with E-state index in [9.17, 15) is 4.79 Å². The highest BCUT2D eigenvalue weighted by atomic mass is 17.3. The predicted molar refractivity (Wildman–Crippen MR) is 95.1 cm³/mol. The first-order valence-electron chi connectivity index (χ1n) is 9.90. The van der Waals surface area contributed by atoms with E-state index in [4.69, 9.17) is 18.9 Å². The topological polar surface area (TPSA) is 73.5 Å². The Morgan fingerprint density at radius 3 is 2.85 bits per heavy atom. The Kier molecular flexibility index (Phi) is 3.80. The van der Waals surface area contributed by atoms with Gasteiger partial charge >= 0.3 is 0 Å². The van der Waals surface area contributed by atoms with E-state index < -0.39 is 17.6 Å². The quantitative estimate of drug-likeness (QED) is 0.587. The van der Waals surface area contributed by atoms with Crippen LogP contribution in [0.1, 0.15) is 52.2 Å². The molecule has 1 aromatic heterocycles. The largest absolute Gasteiger partial charge is 0.463 e. The van der Waals surface area contributed by atoms with E-state index in [0.29, 0.717) is 11.7 Å². The number of hydrogen-bond donors (Lipinski definition) is 0. The number of fused-ring (bicyclic) bond motifs is 2. The molecule has 2 bridgehead atoms. The van der Waals surface area contributed by atoms with Crippen LogP contribution in [0.15, 0.2) is 27.9 Å². The van der Waals surface area contributed by atoms with Gasteiger partial charge in [-0.15, -0.1) is 0 Å². The molecule has 1 saturated carbocycles. The third kappa shape index (κ3) is 2.38. The second-order valence-electron chi connectivity index (χ2n) is 8.66. The third-order valence-electron chi connectivity index (χ3n) is 7.09. The number of amides is 1. The molecule has 0 N–H and O–H groups in total. The summed E-state index contributed by atoms with van der Waals surface area (Å²) in [5.41, 5.74) is -0.679. The molecule has 5 aliphatic rings. The Morgan fingerprint density at radius 2 is 2.07 bits per heavy atom. The molecule has 0 unspecified atom stereocenters. The first-order chi connectivity index (χ1) is 12.9. The predicted octanol–water partition coefficient (Wildman–Crippen LogP) is 3.31. The van der Waals surface area contributed by atoms with Crippen LogP contribution in [-0.4, -0.2) is 34.7 Å². The van der Waals surface area contributed by atoms with Crippen molar-refractivity contribution in [3.05, 3.63) is 24.2 Å². The van der Waals surface area contributed by atoms with Crippen molar-refractivity contribution in [2.24, 2.45) is 28.8 Å². The first kappa shape index (κ1) is 17.4. The van der Waals surface area contributed by atoms with E-state index in [1.807, 2.05) is 13.8 Å². The Morgan fingerprint density at radius 1 is 1.22 bits per heavy atom. The van der Waals surface area contributed by atoms with Crippen molar-refractivity contribution in [2.45, 2.75) is 64.1 Å². The van der Waals surface area contributed by atoms with Gasteiger partial charge in [0.25, 0.3) is 0 Å². The number of carbonyl (C=O) groups excluding carboxylic acids is 1. The van der Waals surface area contributed by atoms with Crippen LogP contribution in [-0.2, 0) is 19.3 Å². The minimum atomic E-state index is -0.864. The van der Waals surface area contributed by atoms with Gasteiger partial charge in [-0.2, -0.15) is 5.10 Å². The second kappa shape index (κ2) is 5.90. The number of piperidine rings is 1. The number of carbonyl (C=O) groups is 1. The van der Waals surface area contributed by atoms with Gasteiger partial charge in [-0.1, -0.05) is 13.8 Å². The van der Waals surface area contributed by atoms with Crippen LogP contribution in [0, 0.1) is 23.7 Å². The zero-order valence-electron chi connectivity index (χ0n) is 16.0. The lowest BCUT2D eigenvalue weighted by Crippen LogP contribution is -2.74. The summed E-state index contributed by atoms with van der Waals surface area (Å²) >= 11 is 0. The molecule has 4 saturated heterocycles. The summed E-state index contributed by atoms with van der Waals surface area (Å²) in [5, 5.41) is 5.96. The maximum absolute atomic E-state index is 13.2. The number of hydrazone groups is 1.